The van der Waals surface area contributed by atoms with Crippen LogP contribution >= 0.6 is 0 Å². The molecule has 7 nitrogen and oxygen atoms in total. The SMILES string of the molecule is O=C(CCOc1ccccc1F)N1CCC(c2nnc3n2CCNC3)CC1. The first-order valence-electron chi connectivity index (χ1n) is 9.50. The van der Waals surface area contributed by atoms with Crippen molar-refractivity contribution in [3.05, 3.63) is 41.7 Å². The molecular weight excluding hydrogens is 349 g/mol. The highest BCUT2D eigenvalue weighted by molar-refractivity contribution is 5.76. The van der Waals surface area contributed by atoms with Gasteiger partial charge in [-0.25, -0.2) is 4.39 Å². The third kappa shape index (κ3) is 3.95. The third-order valence-corrected chi connectivity index (χ3v) is 5.27. The van der Waals surface area contributed by atoms with Gasteiger partial charge in [0, 0.05) is 32.1 Å². The van der Waals surface area contributed by atoms with E-state index in [2.05, 4.69) is 20.1 Å². The van der Waals surface area contributed by atoms with Crippen molar-refractivity contribution < 1.29 is 13.9 Å². The summed E-state index contributed by atoms with van der Waals surface area (Å²) in [4.78, 5) is 14.3. The zero-order valence-electron chi connectivity index (χ0n) is 15.2. The molecule has 1 amide bonds. The molecule has 4 rings (SSSR count). The van der Waals surface area contributed by atoms with E-state index in [1.54, 1.807) is 18.2 Å². The molecule has 2 aliphatic heterocycles. The summed E-state index contributed by atoms with van der Waals surface area (Å²) < 4.78 is 21.1. The summed E-state index contributed by atoms with van der Waals surface area (Å²) >= 11 is 0. The van der Waals surface area contributed by atoms with Gasteiger partial charge in [0.1, 0.15) is 11.6 Å². The van der Waals surface area contributed by atoms with Crippen LogP contribution < -0.4 is 10.1 Å². The first kappa shape index (κ1) is 17.9. The van der Waals surface area contributed by atoms with Crippen LogP contribution in [0.4, 0.5) is 4.39 Å². The predicted molar refractivity (Wildman–Crippen MR) is 96.8 cm³/mol. The quantitative estimate of drug-likeness (QED) is 0.864. The smallest absolute Gasteiger partial charge is 0.225 e. The molecule has 1 saturated heterocycles. The topological polar surface area (TPSA) is 72.3 Å². The van der Waals surface area contributed by atoms with Crippen molar-refractivity contribution >= 4 is 5.91 Å². The minimum Gasteiger partial charge on any atom is -0.490 e. The number of halogens is 1. The lowest BCUT2D eigenvalue weighted by molar-refractivity contribution is -0.132. The van der Waals surface area contributed by atoms with E-state index >= 15 is 0 Å². The Kier molecular flexibility index (Phi) is 5.33. The highest BCUT2D eigenvalue weighted by atomic mass is 19.1. The molecule has 2 aromatic rings. The van der Waals surface area contributed by atoms with Gasteiger partial charge in [-0.15, -0.1) is 10.2 Å². The van der Waals surface area contributed by atoms with E-state index in [0.29, 0.717) is 19.0 Å². The fourth-order valence-corrected chi connectivity index (χ4v) is 3.77. The second-order valence-electron chi connectivity index (χ2n) is 6.99. The van der Waals surface area contributed by atoms with Gasteiger partial charge in [0.2, 0.25) is 5.91 Å². The monoisotopic (exact) mass is 373 g/mol. The maximum Gasteiger partial charge on any atom is 0.225 e. The number of nitrogens with one attached hydrogen (secondary N) is 1. The van der Waals surface area contributed by atoms with Gasteiger partial charge >= 0.3 is 0 Å². The molecule has 1 N–H and O–H groups in total. The summed E-state index contributed by atoms with van der Waals surface area (Å²) in [6, 6.07) is 6.24. The van der Waals surface area contributed by atoms with Crippen molar-refractivity contribution in [2.45, 2.75) is 38.3 Å². The molecule has 144 valence electrons. The molecule has 1 aromatic carbocycles. The van der Waals surface area contributed by atoms with E-state index in [9.17, 15) is 9.18 Å². The van der Waals surface area contributed by atoms with Crippen LogP contribution in [0, 0.1) is 5.82 Å². The number of fused-ring (bicyclic) bond motifs is 1. The Morgan fingerprint density at radius 1 is 1.22 bits per heavy atom. The van der Waals surface area contributed by atoms with Gasteiger partial charge in [-0.1, -0.05) is 12.1 Å². The molecule has 0 aliphatic carbocycles. The van der Waals surface area contributed by atoms with Crippen LogP contribution in [-0.2, 0) is 17.9 Å². The number of ether oxygens (including phenoxy) is 1. The van der Waals surface area contributed by atoms with Gasteiger partial charge in [-0.05, 0) is 25.0 Å². The summed E-state index contributed by atoms with van der Waals surface area (Å²) in [6.07, 6.45) is 2.04. The first-order valence-corrected chi connectivity index (χ1v) is 9.50. The molecule has 3 heterocycles. The molecule has 0 radical (unpaired) electrons. The highest BCUT2D eigenvalue weighted by Gasteiger charge is 2.28. The molecule has 1 aromatic heterocycles. The zero-order valence-corrected chi connectivity index (χ0v) is 15.2. The number of hydrogen-bond donors (Lipinski definition) is 1. The number of piperidine rings is 1. The molecule has 0 atom stereocenters. The van der Waals surface area contributed by atoms with Crippen molar-refractivity contribution in [2.75, 3.05) is 26.2 Å². The second-order valence-corrected chi connectivity index (χ2v) is 6.99. The molecule has 0 bridgehead atoms. The summed E-state index contributed by atoms with van der Waals surface area (Å²) in [5.74, 6) is 2.24. The van der Waals surface area contributed by atoms with Gasteiger partial charge in [0.05, 0.1) is 19.6 Å². The molecule has 0 unspecified atom stereocenters. The standard InChI is InChI=1S/C19H24FN5O2/c20-15-3-1-2-4-16(15)27-12-7-18(26)24-9-5-14(6-10-24)19-23-22-17-13-21-8-11-25(17)19/h1-4,14,21H,5-13H2. The number of carbonyl (C=O) groups is 1. The fourth-order valence-electron chi connectivity index (χ4n) is 3.77. The van der Waals surface area contributed by atoms with E-state index in [0.717, 1.165) is 44.1 Å². The molecule has 2 aliphatic rings. The van der Waals surface area contributed by atoms with Gasteiger partial charge in [0.25, 0.3) is 0 Å². The number of benzene rings is 1. The van der Waals surface area contributed by atoms with Gasteiger partial charge in [-0.2, -0.15) is 0 Å². The Balaban J connectivity index is 1.26. The number of hydrogen-bond acceptors (Lipinski definition) is 5. The van der Waals surface area contributed by atoms with Crippen molar-refractivity contribution in [3.63, 3.8) is 0 Å². The van der Waals surface area contributed by atoms with Gasteiger partial charge in [0.15, 0.2) is 11.6 Å². The Labute approximate surface area is 157 Å². The molecule has 27 heavy (non-hydrogen) atoms. The molecule has 0 saturated carbocycles. The maximum absolute atomic E-state index is 13.5. The fraction of sp³-hybridized carbons (Fsp3) is 0.526. The minimum atomic E-state index is -0.405. The van der Waals surface area contributed by atoms with Crippen LogP contribution in [0.3, 0.4) is 0 Å². The summed E-state index contributed by atoms with van der Waals surface area (Å²) in [5.41, 5.74) is 0. The van der Waals surface area contributed by atoms with Crippen LogP contribution in [0.2, 0.25) is 0 Å². The summed E-state index contributed by atoms with van der Waals surface area (Å²) in [5, 5.41) is 12.0. The van der Waals surface area contributed by atoms with Crippen molar-refractivity contribution in [2.24, 2.45) is 0 Å². The third-order valence-electron chi connectivity index (χ3n) is 5.27. The Morgan fingerprint density at radius 2 is 2.04 bits per heavy atom. The second kappa shape index (κ2) is 8.04. The minimum absolute atomic E-state index is 0.0530. The molecular formula is C19H24FN5O2. The lowest BCUT2D eigenvalue weighted by atomic mass is 9.95. The van der Waals surface area contributed by atoms with Gasteiger partial charge < -0.3 is 19.5 Å². The predicted octanol–water partition coefficient (Wildman–Crippen LogP) is 1.70. The Hall–Kier alpha value is -2.48. The Bertz CT molecular complexity index is 801. The van der Waals surface area contributed by atoms with Crippen LogP contribution in [0.25, 0.3) is 0 Å². The lowest BCUT2D eigenvalue weighted by Crippen LogP contribution is -2.39. The van der Waals surface area contributed by atoms with E-state index in [1.165, 1.54) is 6.07 Å². The van der Waals surface area contributed by atoms with E-state index < -0.39 is 5.82 Å². The molecule has 8 heteroatoms. The number of para-hydroxylation sites is 1. The van der Waals surface area contributed by atoms with Crippen LogP contribution in [0.15, 0.2) is 24.3 Å². The number of rotatable bonds is 5. The number of carbonyl (C=O) groups excluding carboxylic acids is 1. The number of likely N-dealkylation sites (tertiary alicyclic amines) is 1. The number of nitrogens with zero attached hydrogens (tertiary/aromatic N) is 4. The van der Waals surface area contributed by atoms with Crippen molar-refractivity contribution in [1.29, 1.82) is 0 Å². The summed E-state index contributed by atoms with van der Waals surface area (Å²) in [6.45, 7) is 4.23. The average Bonchev–Trinajstić information content (AvgIpc) is 3.14. The number of amides is 1. The van der Waals surface area contributed by atoms with E-state index in [-0.39, 0.29) is 24.7 Å². The van der Waals surface area contributed by atoms with Crippen LogP contribution in [0.5, 0.6) is 5.75 Å². The average molecular weight is 373 g/mol. The van der Waals surface area contributed by atoms with Gasteiger partial charge in [-0.3, -0.25) is 4.79 Å². The van der Waals surface area contributed by atoms with E-state index in [1.807, 2.05) is 4.90 Å². The summed E-state index contributed by atoms with van der Waals surface area (Å²) in [7, 11) is 0. The number of aromatic nitrogens is 3. The lowest BCUT2D eigenvalue weighted by Gasteiger charge is -2.32. The highest BCUT2D eigenvalue weighted by Crippen LogP contribution is 2.28. The first-order chi connectivity index (χ1) is 13.2. The van der Waals surface area contributed by atoms with E-state index in [4.69, 9.17) is 4.74 Å². The molecule has 1 fully saturated rings. The zero-order chi connectivity index (χ0) is 18.6. The normalized spacial score (nSPS) is 17.6. The van der Waals surface area contributed by atoms with Crippen LogP contribution in [0.1, 0.15) is 36.8 Å². The maximum atomic E-state index is 13.5. The Morgan fingerprint density at radius 3 is 2.85 bits per heavy atom. The largest absolute Gasteiger partial charge is 0.490 e. The molecule has 0 spiro atoms. The van der Waals surface area contributed by atoms with Crippen molar-refractivity contribution in [1.82, 2.24) is 25.0 Å². The van der Waals surface area contributed by atoms with Crippen molar-refractivity contribution in [3.8, 4) is 5.75 Å². The van der Waals surface area contributed by atoms with Crippen LogP contribution in [-0.4, -0.2) is 51.8 Å².